The summed E-state index contributed by atoms with van der Waals surface area (Å²) in [7, 11) is 0. The molecule has 0 bridgehead atoms. The van der Waals surface area contributed by atoms with Crippen molar-refractivity contribution < 1.29 is 8.78 Å². The van der Waals surface area contributed by atoms with Crippen molar-refractivity contribution in [3.63, 3.8) is 0 Å². The van der Waals surface area contributed by atoms with Gasteiger partial charge in [-0.2, -0.15) is 0 Å². The minimum atomic E-state index is -0.238. The maximum absolute atomic E-state index is 13.5. The van der Waals surface area contributed by atoms with Crippen LogP contribution in [0.3, 0.4) is 0 Å². The average Bonchev–Trinajstić information content (AvgIpc) is 3.18. The monoisotopic (exact) mass is 385 g/mol. The Morgan fingerprint density at radius 3 is 2.15 bits per heavy atom. The molecule has 6 heteroatoms. The molecule has 1 fully saturated rings. The fourth-order valence-electron chi connectivity index (χ4n) is 3.83. The van der Waals surface area contributed by atoms with Crippen molar-refractivity contribution in [1.29, 1.82) is 0 Å². The van der Waals surface area contributed by atoms with Gasteiger partial charge in [-0.15, -0.1) is 0 Å². The molecule has 2 aromatic carbocycles. The molecule has 1 atom stereocenters. The van der Waals surface area contributed by atoms with Gasteiger partial charge in [0, 0.05) is 43.5 Å². The highest BCUT2D eigenvalue weighted by Crippen LogP contribution is 2.38. The third-order valence-electron chi connectivity index (χ3n) is 5.04. The first kappa shape index (κ1) is 18.2. The van der Waals surface area contributed by atoms with E-state index in [9.17, 15) is 8.78 Å². The molecule has 3 nitrogen and oxygen atoms in total. The van der Waals surface area contributed by atoms with Crippen LogP contribution in [0.5, 0.6) is 0 Å². The van der Waals surface area contributed by atoms with Gasteiger partial charge in [-0.3, -0.25) is 3.97 Å². The van der Waals surface area contributed by atoms with Gasteiger partial charge >= 0.3 is 0 Å². The molecule has 1 aromatic heterocycles. The summed E-state index contributed by atoms with van der Waals surface area (Å²) < 4.78 is 31.2. The lowest BCUT2D eigenvalue weighted by atomic mass is 9.77. The second-order valence-electron chi connectivity index (χ2n) is 6.88. The number of aromatic nitrogens is 2. The molecule has 1 saturated heterocycles. The standard InChI is InChI=1S/C21H21F2N3S/c22-19-7-3-16(4-8-19)21(17-5-9-20(23)10-6-17)18-2-1-12-25(14-18)27-26-13-11-24-15-26/h3-11,13,15,18,21H,1-2,12,14H2. The van der Waals surface area contributed by atoms with Crippen LogP contribution in [-0.4, -0.2) is 26.4 Å². The van der Waals surface area contributed by atoms with Crippen LogP contribution in [0.2, 0.25) is 0 Å². The van der Waals surface area contributed by atoms with Gasteiger partial charge in [0.25, 0.3) is 0 Å². The van der Waals surface area contributed by atoms with Gasteiger partial charge in [-0.05, 0) is 54.2 Å². The smallest absolute Gasteiger partial charge is 0.123 e. The topological polar surface area (TPSA) is 21.1 Å². The predicted molar refractivity (Wildman–Crippen MR) is 104 cm³/mol. The molecule has 27 heavy (non-hydrogen) atoms. The molecule has 1 aliphatic heterocycles. The average molecular weight is 385 g/mol. The van der Waals surface area contributed by atoms with Crippen molar-refractivity contribution in [2.24, 2.45) is 5.92 Å². The van der Waals surface area contributed by atoms with Crippen LogP contribution in [0.1, 0.15) is 29.9 Å². The maximum Gasteiger partial charge on any atom is 0.123 e. The highest BCUT2D eigenvalue weighted by atomic mass is 32.2. The van der Waals surface area contributed by atoms with E-state index in [1.54, 1.807) is 24.7 Å². The van der Waals surface area contributed by atoms with Crippen LogP contribution in [0.15, 0.2) is 67.3 Å². The van der Waals surface area contributed by atoms with Crippen LogP contribution >= 0.6 is 12.1 Å². The Bertz CT molecular complexity index is 805. The number of rotatable bonds is 5. The van der Waals surface area contributed by atoms with Gasteiger partial charge in [0.2, 0.25) is 0 Å². The number of benzene rings is 2. The Balaban J connectivity index is 1.61. The lowest BCUT2D eigenvalue weighted by Gasteiger charge is -2.36. The van der Waals surface area contributed by atoms with E-state index in [1.165, 1.54) is 24.3 Å². The molecule has 1 unspecified atom stereocenters. The summed E-state index contributed by atoms with van der Waals surface area (Å²) >= 11 is 1.66. The van der Waals surface area contributed by atoms with E-state index in [4.69, 9.17) is 0 Å². The zero-order chi connectivity index (χ0) is 18.6. The lowest BCUT2D eigenvalue weighted by molar-refractivity contribution is 0.264. The molecular formula is C21H21F2N3S. The van der Waals surface area contributed by atoms with Crippen molar-refractivity contribution in [2.45, 2.75) is 18.8 Å². The zero-order valence-corrected chi connectivity index (χ0v) is 15.7. The predicted octanol–water partition coefficient (Wildman–Crippen LogP) is 5.12. The van der Waals surface area contributed by atoms with E-state index < -0.39 is 0 Å². The number of hydrogen-bond donors (Lipinski definition) is 0. The van der Waals surface area contributed by atoms with Gasteiger partial charge in [0.1, 0.15) is 18.0 Å². The second kappa shape index (κ2) is 8.23. The highest BCUT2D eigenvalue weighted by Gasteiger charge is 2.30. The SMILES string of the molecule is Fc1ccc(C(c2ccc(F)cc2)C2CCCN(Sn3ccnc3)C2)cc1. The summed E-state index contributed by atoms with van der Waals surface area (Å²) in [5, 5.41) is 0. The van der Waals surface area contributed by atoms with Crippen LogP contribution in [0.25, 0.3) is 0 Å². The van der Waals surface area contributed by atoms with Crippen molar-refractivity contribution >= 4 is 12.1 Å². The first-order valence-corrected chi connectivity index (χ1v) is 9.84. The van der Waals surface area contributed by atoms with Gasteiger partial charge in [0.15, 0.2) is 0 Å². The quantitative estimate of drug-likeness (QED) is 0.569. The van der Waals surface area contributed by atoms with E-state index >= 15 is 0 Å². The largest absolute Gasteiger partial charge is 0.267 e. The van der Waals surface area contributed by atoms with Crippen molar-refractivity contribution in [2.75, 3.05) is 13.1 Å². The fourth-order valence-corrected chi connectivity index (χ4v) is 4.77. The van der Waals surface area contributed by atoms with Crippen LogP contribution < -0.4 is 0 Å². The minimum Gasteiger partial charge on any atom is -0.267 e. The Labute approximate surface area is 162 Å². The Morgan fingerprint density at radius 1 is 0.963 bits per heavy atom. The third-order valence-corrected chi connectivity index (χ3v) is 6.01. The second-order valence-corrected chi connectivity index (χ2v) is 7.98. The normalized spacial score (nSPS) is 18.1. The minimum absolute atomic E-state index is 0.109. The van der Waals surface area contributed by atoms with Crippen LogP contribution in [0, 0.1) is 17.6 Å². The molecule has 1 aliphatic rings. The van der Waals surface area contributed by atoms with Crippen molar-refractivity contribution in [3.8, 4) is 0 Å². The first-order valence-electron chi connectivity index (χ1n) is 9.11. The molecule has 0 aliphatic carbocycles. The molecule has 4 rings (SSSR count). The Hall–Kier alpha value is -2.18. The van der Waals surface area contributed by atoms with Crippen LogP contribution in [-0.2, 0) is 0 Å². The van der Waals surface area contributed by atoms with E-state index in [0.29, 0.717) is 5.92 Å². The molecule has 0 saturated carbocycles. The first-order chi connectivity index (χ1) is 13.2. The van der Waals surface area contributed by atoms with Crippen molar-refractivity contribution in [3.05, 3.63) is 90.0 Å². The number of imidazole rings is 1. The van der Waals surface area contributed by atoms with E-state index in [-0.39, 0.29) is 17.6 Å². The van der Waals surface area contributed by atoms with Crippen LogP contribution in [0.4, 0.5) is 8.78 Å². The molecule has 0 N–H and O–H groups in total. The zero-order valence-electron chi connectivity index (χ0n) is 14.8. The number of halogens is 2. The Kier molecular flexibility index (Phi) is 5.55. The van der Waals surface area contributed by atoms with Gasteiger partial charge in [0.05, 0.1) is 0 Å². The molecule has 0 amide bonds. The van der Waals surface area contributed by atoms with E-state index in [1.807, 2.05) is 34.4 Å². The van der Waals surface area contributed by atoms with Gasteiger partial charge in [-0.1, -0.05) is 24.3 Å². The Morgan fingerprint density at radius 2 is 1.59 bits per heavy atom. The fraction of sp³-hybridized carbons (Fsp3) is 0.286. The molecule has 3 aromatic rings. The van der Waals surface area contributed by atoms with Gasteiger partial charge < -0.3 is 0 Å². The highest BCUT2D eigenvalue weighted by molar-refractivity contribution is 7.95. The summed E-state index contributed by atoms with van der Waals surface area (Å²) in [6, 6.07) is 13.4. The summed E-state index contributed by atoms with van der Waals surface area (Å²) in [5.41, 5.74) is 2.14. The third kappa shape index (κ3) is 4.39. The van der Waals surface area contributed by atoms with E-state index in [0.717, 1.165) is 37.1 Å². The number of nitrogens with zero attached hydrogens (tertiary/aromatic N) is 3. The summed E-state index contributed by atoms with van der Waals surface area (Å²) in [6.07, 6.45) is 7.68. The number of hydrogen-bond acceptors (Lipinski definition) is 3. The molecule has 2 heterocycles. The number of piperidine rings is 1. The van der Waals surface area contributed by atoms with E-state index in [2.05, 4.69) is 9.29 Å². The summed E-state index contributed by atoms with van der Waals surface area (Å²) in [5.74, 6) is -0.00170. The molecular weight excluding hydrogens is 364 g/mol. The van der Waals surface area contributed by atoms with Gasteiger partial charge in [-0.25, -0.2) is 18.1 Å². The summed E-state index contributed by atoms with van der Waals surface area (Å²) in [6.45, 7) is 1.92. The summed E-state index contributed by atoms with van der Waals surface area (Å²) in [4.78, 5) is 4.10. The molecule has 140 valence electrons. The molecule has 0 radical (unpaired) electrons. The van der Waals surface area contributed by atoms with Crippen molar-refractivity contribution in [1.82, 2.24) is 13.3 Å². The maximum atomic E-state index is 13.5. The molecule has 0 spiro atoms. The lowest BCUT2D eigenvalue weighted by Crippen LogP contribution is -2.34.